The molecule has 0 atom stereocenters. The fourth-order valence-electron chi connectivity index (χ4n) is 8.64. The Kier molecular flexibility index (Phi) is 10.1. The lowest BCUT2D eigenvalue weighted by Crippen LogP contribution is -2.56. The van der Waals surface area contributed by atoms with Crippen molar-refractivity contribution >= 4 is 166 Å². The van der Waals surface area contributed by atoms with Gasteiger partial charge in [0.15, 0.2) is 5.82 Å². The number of hydrogen-bond donors (Lipinski definition) is 0. The Labute approximate surface area is 379 Å². The summed E-state index contributed by atoms with van der Waals surface area (Å²) in [6, 6.07) is 46.9. The molecule has 0 saturated heterocycles. The molecule has 8 aromatic carbocycles. The second-order valence-electron chi connectivity index (χ2n) is 15.6. The maximum Gasteiger partial charge on any atom is 0.160 e. The molecular weight excluding hydrogens is 751 g/mol. The molecule has 0 aliphatic rings. The van der Waals surface area contributed by atoms with Crippen LogP contribution in [0.5, 0.6) is 0 Å². The van der Waals surface area contributed by atoms with Gasteiger partial charge in [0.25, 0.3) is 0 Å². The smallest absolute Gasteiger partial charge is 0.160 e. The van der Waals surface area contributed by atoms with E-state index >= 15 is 0 Å². The summed E-state index contributed by atoms with van der Waals surface area (Å²) >= 11 is 0. The van der Waals surface area contributed by atoms with E-state index in [4.69, 9.17) is 88.4 Å². The zero-order chi connectivity index (χ0) is 43.8. The number of rotatable bonds is 6. The van der Waals surface area contributed by atoms with E-state index in [9.17, 15) is 0 Å². The van der Waals surface area contributed by atoms with E-state index in [1.165, 1.54) is 0 Å². The van der Waals surface area contributed by atoms with Gasteiger partial charge in [-0.1, -0.05) is 143 Å². The molecule has 10 aromatic rings. The zero-order valence-electron chi connectivity index (χ0n) is 33.9. The minimum atomic E-state index is 0.133. The van der Waals surface area contributed by atoms with Crippen LogP contribution >= 0.6 is 0 Å². The van der Waals surface area contributed by atoms with E-state index in [-0.39, 0.29) is 54.6 Å². The standard InChI is InChI=1S/C50H23B10N3/c51-39-38(40(52)42(54)43(55)41(39)53)35-23-34(61-50(62-35)26-8-2-1-3-9-26)31-21-20-28(29-10-4-5-11-30(29)31)25-16-14-24(15-17-25)27-18-19-33-32-12-6-7-13-36(32)63(37(33)22-27)49-47(59)45(57)44(56)46(58)48(49)60/h1-23H. The molecule has 20 radical (unpaired) electrons. The Balaban J connectivity index is 1.08. The van der Waals surface area contributed by atoms with Crippen LogP contribution in [-0.4, -0.2) is 93.0 Å². The van der Waals surface area contributed by atoms with E-state index in [0.29, 0.717) is 28.5 Å². The third-order valence-corrected chi connectivity index (χ3v) is 12.0. The van der Waals surface area contributed by atoms with Crippen LogP contribution in [0.4, 0.5) is 0 Å². The lowest BCUT2D eigenvalue weighted by atomic mass is 9.60. The number of hydrogen-bond acceptors (Lipinski definition) is 2. The third kappa shape index (κ3) is 6.58. The van der Waals surface area contributed by atoms with Gasteiger partial charge in [0, 0.05) is 27.6 Å². The predicted octanol–water partition coefficient (Wildman–Crippen LogP) is 1.000. The van der Waals surface area contributed by atoms with Crippen LogP contribution in [0.25, 0.3) is 94.4 Å². The van der Waals surface area contributed by atoms with Gasteiger partial charge in [-0.3, -0.25) is 0 Å². The Bertz CT molecular complexity index is 3460. The molecule has 13 heteroatoms. The van der Waals surface area contributed by atoms with Crippen LogP contribution in [0.15, 0.2) is 140 Å². The molecule has 0 saturated carbocycles. The molecule has 10 rings (SSSR count). The van der Waals surface area contributed by atoms with Gasteiger partial charge in [0.2, 0.25) is 0 Å². The van der Waals surface area contributed by atoms with Crippen molar-refractivity contribution in [2.45, 2.75) is 0 Å². The van der Waals surface area contributed by atoms with Crippen molar-refractivity contribution in [3.05, 3.63) is 140 Å². The van der Waals surface area contributed by atoms with Crippen molar-refractivity contribution in [3.63, 3.8) is 0 Å². The summed E-state index contributed by atoms with van der Waals surface area (Å²) in [5.74, 6) is 0.479. The van der Waals surface area contributed by atoms with Crippen molar-refractivity contribution < 1.29 is 0 Å². The SMILES string of the molecule is [B]c1c([B])c([B])c(-c2cc(-c3ccc(-c4ccc(-c5ccc6c7ccccc7n(-c7c([B])c([B])c([B])c([B])c7[B])c6c5)cc4)c4ccccc34)nc(-c3ccccc3)n2)c([B])c1[B]. The maximum absolute atomic E-state index is 6.63. The van der Waals surface area contributed by atoms with Crippen molar-refractivity contribution in [3.8, 4) is 61.8 Å². The Morgan fingerprint density at radius 1 is 0.317 bits per heavy atom. The normalized spacial score (nSPS) is 11.5. The van der Waals surface area contributed by atoms with E-state index in [1.807, 2.05) is 71.3 Å². The molecule has 0 fully saturated rings. The highest BCUT2D eigenvalue weighted by atomic mass is 15.0. The summed E-state index contributed by atoms with van der Waals surface area (Å²) in [7, 11) is 64.0. The summed E-state index contributed by atoms with van der Waals surface area (Å²) in [6.07, 6.45) is 0. The first kappa shape index (κ1) is 40.6. The maximum atomic E-state index is 6.63. The number of fused-ring (bicyclic) bond motifs is 4. The molecule has 0 spiro atoms. The van der Waals surface area contributed by atoms with E-state index in [2.05, 4.69) is 72.8 Å². The molecule has 0 aliphatic heterocycles. The lowest BCUT2D eigenvalue weighted by Gasteiger charge is -2.23. The van der Waals surface area contributed by atoms with Gasteiger partial charge in [0.05, 0.1) is 22.4 Å². The first-order chi connectivity index (χ1) is 30.4. The number of aromatic nitrogens is 3. The van der Waals surface area contributed by atoms with Gasteiger partial charge >= 0.3 is 0 Å². The third-order valence-electron chi connectivity index (χ3n) is 12.0. The van der Waals surface area contributed by atoms with Crippen molar-refractivity contribution in [1.29, 1.82) is 0 Å². The van der Waals surface area contributed by atoms with E-state index < -0.39 is 0 Å². The monoisotopic (exact) mass is 775 g/mol. The molecular formula is C50H23B10N3. The van der Waals surface area contributed by atoms with Crippen LogP contribution in [0, 0.1) is 0 Å². The number of para-hydroxylation sites is 1. The highest BCUT2D eigenvalue weighted by Gasteiger charge is 2.21. The average Bonchev–Trinajstić information content (AvgIpc) is 3.64. The highest BCUT2D eigenvalue weighted by Crippen LogP contribution is 2.38. The molecule has 0 unspecified atom stereocenters. The fraction of sp³-hybridized carbons (Fsp3) is 0. The van der Waals surface area contributed by atoms with Gasteiger partial charge in [-0.15, -0.1) is 32.8 Å². The summed E-state index contributed by atoms with van der Waals surface area (Å²) in [5.41, 5.74) is 11.5. The predicted molar refractivity (Wildman–Crippen MR) is 275 cm³/mol. The molecule has 2 heterocycles. The Hall–Kier alpha value is -6.45. The van der Waals surface area contributed by atoms with Gasteiger partial charge < -0.3 is 4.57 Å². The van der Waals surface area contributed by atoms with Gasteiger partial charge in [-0.25, -0.2) is 9.97 Å². The van der Waals surface area contributed by atoms with Crippen molar-refractivity contribution in [2.24, 2.45) is 0 Å². The first-order valence-electron chi connectivity index (χ1n) is 20.1. The van der Waals surface area contributed by atoms with E-state index in [1.54, 1.807) is 0 Å². The lowest BCUT2D eigenvalue weighted by molar-refractivity contribution is 1.19. The second kappa shape index (κ2) is 15.7. The minimum absolute atomic E-state index is 0.133. The quantitative estimate of drug-likeness (QED) is 0.237. The van der Waals surface area contributed by atoms with Crippen molar-refractivity contribution in [1.82, 2.24) is 14.5 Å². The Morgan fingerprint density at radius 3 is 1.44 bits per heavy atom. The fourth-order valence-corrected chi connectivity index (χ4v) is 8.64. The molecule has 0 aliphatic carbocycles. The molecule has 63 heavy (non-hydrogen) atoms. The van der Waals surface area contributed by atoms with E-state index in [0.717, 1.165) is 66.0 Å². The van der Waals surface area contributed by atoms with Crippen LogP contribution in [0.2, 0.25) is 0 Å². The Morgan fingerprint density at radius 2 is 0.794 bits per heavy atom. The van der Waals surface area contributed by atoms with Crippen LogP contribution < -0.4 is 54.6 Å². The van der Waals surface area contributed by atoms with Gasteiger partial charge in [0.1, 0.15) is 78.5 Å². The van der Waals surface area contributed by atoms with Crippen LogP contribution in [0.1, 0.15) is 0 Å². The van der Waals surface area contributed by atoms with Crippen molar-refractivity contribution in [2.75, 3.05) is 0 Å². The van der Waals surface area contributed by atoms with Crippen LogP contribution in [0.3, 0.4) is 0 Å². The minimum Gasteiger partial charge on any atom is -0.310 e. The first-order valence-corrected chi connectivity index (χ1v) is 20.1. The largest absolute Gasteiger partial charge is 0.310 e. The molecule has 268 valence electrons. The van der Waals surface area contributed by atoms with Gasteiger partial charge in [-0.05, 0) is 56.8 Å². The average molecular weight is 774 g/mol. The number of nitrogens with zero attached hydrogens (tertiary/aromatic N) is 3. The summed E-state index contributed by atoms with van der Waals surface area (Å²) in [4.78, 5) is 10.0. The second-order valence-corrected chi connectivity index (χ2v) is 15.6. The molecule has 0 amide bonds. The van der Waals surface area contributed by atoms with Crippen LogP contribution in [-0.2, 0) is 0 Å². The summed E-state index contributed by atoms with van der Waals surface area (Å²) in [5, 5.41) is 4.07. The number of benzene rings is 8. The summed E-state index contributed by atoms with van der Waals surface area (Å²) in [6.45, 7) is 0. The van der Waals surface area contributed by atoms with Gasteiger partial charge in [-0.2, -0.15) is 0 Å². The molecule has 0 bridgehead atoms. The highest BCUT2D eigenvalue weighted by molar-refractivity contribution is 6.69. The summed E-state index contributed by atoms with van der Waals surface area (Å²) < 4.78 is 2.01. The molecule has 2 aromatic heterocycles. The molecule has 0 N–H and O–H groups in total. The topological polar surface area (TPSA) is 30.7 Å². The zero-order valence-corrected chi connectivity index (χ0v) is 33.9. The molecule has 3 nitrogen and oxygen atoms in total.